The number of thiophene rings is 1. The lowest BCUT2D eigenvalue weighted by Crippen LogP contribution is -2.19. The maximum Gasteiger partial charge on any atom is 0.339 e. The Balaban J connectivity index is 1.54. The average Bonchev–Trinajstić information content (AvgIpc) is 3.30. The Morgan fingerprint density at radius 2 is 2.03 bits per heavy atom. The van der Waals surface area contributed by atoms with E-state index in [9.17, 15) is 14.7 Å². The van der Waals surface area contributed by atoms with Gasteiger partial charge in [0.15, 0.2) is 0 Å². The van der Waals surface area contributed by atoms with Crippen LogP contribution >= 0.6 is 11.3 Å². The van der Waals surface area contributed by atoms with Crippen LogP contribution in [0.5, 0.6) is 5.75 Å². The van der Waals surface area contributed by atoms with Gasteiger partial charge in [-0.2, -0.15) is 5.10 Å². The molecule has 2 N–H and O–H groups in total. The third kappa shape index (κ3) is 4.71. The van der Waals surface area contributed by atoms with Gasteiger partial charge in [-0.3, -0.25) is 4.79 Å². The van der Waals surface area contributed by atoms with E-state index in [1.54, 1.807) is 24.7 Å². The highest BCUT2D eigenvalue weighted by Gasteiger charge is 2.27. The van der Waals surface area contributed by atoms with E-state index in [2.05, 4.69) is 10.5 Å². The third-order valence-electron chi connectivity index (χ3n) is 5.93. The summed E-state index contributed by atoms with van der Waals surface area (Å²) >= 11 is 1.58. The number of ether oxygens (including phenoxy) is 1. The second kappa shape index (κ2) is 9.62. The van der Waals surface area contributed by atoms with Gasteiger partial charge >= 0.3 is 5.97 Å². The van der Waals surface area contributed by atoms with Crippen LogP contribution in [-0.2, 0) is 24.1 Å². The molecule has 7 nitrogen and oxygen atoms in total. The van der Waals surface area contributed by atoms with Crippen molar-refractivity contribution in [3.8, 4) is 10.8 Å². The fourth-order valence-corrected chi connectivity index (χ4v) is 5.83. The normalized spacial score (nSPS) is 13.2. The van der Waals surface area contributed by atoms with Crippen LogP contribution in [0.2, 0.25) is 0 Å². The van der Waals surface area contributed by atoms with E-state index >= 15 is 0 Å². The number of nitrogens with zero attached hydrogens (tertiary/aromatic N) is 2. The molecular weight excluding hydrogens is 438 g/mol. The molecule has 0 saturated carbocycles. The van der Waals surface area contributed by atoms with E-state index in [0.717, 1.165) is 58.8 Å². The van der Waals surface area contributed by atoms with Gasteiger partial charge in [-0.05, 0) is 68.9 Å². The molecule has 1 aromatic carbocycles. The maximum atomic E-state index is 12.3. The number of fused-ring (bicyclic) bond motifs is 1. The summed E-state index contributed by atoms with van der Waals surface area (Å²) in [6, 6.07) is 9.30. The fraction of sp³-hybridized carbons (Fsp3) is 0.320. The van der Waals surface area contributed by atoms with Crippen LogP contribution in [0.15, 0.2) is 35.4 Å². The van der Waals surface area contributed by atoms with Crippen LogP contribution in [0.1, 0.15) is 56.2 Å². The molecule has 1 aliphatic rings. The van der Waals surface area contributed by atoms with Crippen molar-refractivity contribution >= 4 is 29.4 Å². The average molecular weight is 466 g/mol. The molecule has 0 bridgehead atoms. The zero-order valence-corrected chi connectivity index (χ0v) is 19.8. The van der Waals surface area contributed by atoms with E-state index in [4.69, 9.17) is 4.74 Å². The predicted octanol–water partition coefficient (Wildman–Crippen LogP) is 4.43. The first-order valence-electron chi connectivity index (χ1n) is 10.9. The zero-order valence-electron chi connectivity index (χ0n) is 19.0. The molecule has 1 amide bonds. The number of aryl methyl sites for hydroxylation is 2. The molecule has 0 unspecified atom stereocenters. The van der Waals surface area contributed by atoms with Crippen molar-refractivity contribution in [1.29, 1.82) is 0 Å². The number of carbonyl (C=O) groups excluding carboxylic acids is 1. The van der Waals surface area contributed by atoms with Gasteiger partial charge in [0.2, 0.25) is 5.91 Å². The van der Waals surface area contributed by atoms with Crippen LogP contribution < -0.4 is 10.2 Å². The van der Waals surface area contributed by atoms with Crippen LogP contribution in [0.4, 0.5) is 0 Å². The van der Waals surface area contributed by atoms with Crippen molar-refractivity contribution in [2.45, 2.75) is 46.0 Å². The Hall–Kier alpha value is -3.39. The number of aromatic carboxylic acids is 1. The number of carboxylic acids is 1. The number of methoxy groups -OCH3 is 1. The number of hydrazone groups is 1. The number of hydrogen-bond acceptors (Lipinski definition) is 5. The largest absolute Gasteiger partial charge is 0.497 e. The van der Waals surface area contributed by atoms with Gasteiger partial charge in [0.1, 0.15) is 10.8 Å². The number of carboxylic acid groups (broad SMARTS) is 1. The van der Waals surface area contributed by atoms with Gasteiger partial charge in [0.25, 0.3) is 0 Å². The van der Waals surface area contributed by atoms with E-state index in [1.807, 2.05) is 48.7 Å². The Morgan fingerprint density at radius 1 is 1.24 bits per heavy atom. The minimum atomic E-state index is -0.878. The maximum absolute atomic E-state index is 12.3. The number of benzene rings is 1. The number of hydrogen-bond donors (Lipinski definition) is 2. The molecule has 0 saturated heterocycles. The van der Waals surface area contributed by atoms with E-state index in [-0.39, 0.29) is 12.3 Å². The minimum Gasteiger partial charge on any atom is -0.497 e. The first-order chi connectivity index (χ1) is 15.9. The number of amides is 1. The lowest BCUT2D eigenvalue weighted by molar-refractivity contribution is -0.120. The molecule has 1 aliphatic carbocycles. The summed E-state index contributed by atoms with van der Waals surface area (Å²) < 4.78 is 7.18. The number of rotatable bonds is 7. The van der Waals surface area contributed by atoms with Gasteiger partial charge in [-0.15, -0.1) is 11.3 Å². The Kier molecular flexibility index (Phi) is 6.65. The predicted molar refractivity (Wildman–Crippen MR) is 129 cm³/mol. The van der Waals surface area contributed by atoms with Crippen LogP contribution in [0, 0.1) is 13.8 Å². The summed E-state index contributed by atoms with van der Waals surface area (Å²) in [5, 5.41) is 14.8. The minimum absolute atomic E-state index is 0.191. The van der Waals surface area contributed by atoms with Crippen molar-refractivity contribution in [1.82, 2.24) is 9.99 Å². The van der Waals surface area contributed by atoms with Crippen LogP contribution in [0.25, 0.3) is 5.00 Å². The highest BCUT2D eigenvalue weighted by molar-refractivity contribution is 7.15. The van der Waals surface area contributed by atoms with Gasteiger partial charge < -0.3 is 14.4 Å². The summed E-state index contributed by atoms with van der Waals surface area (Å²) in [4.78, 5) is 25.6. The van der Waals surface area contributed by atoms with E-state index in [0.29, 0.717) is 11.3 Å². The molecule has 2 heterocycles. The van der Waals surface area contributed by atoms with Gasteiger partial charge in [0.05, 0.1) is 25.3 Å². The summed E-state index contributed by atoms with van der Waals surface area (Å²) in [7, 11) is 1.59. The molecule has 0 aliphatic heterocycles. The molecule has 8 heteroatoms. The second-order valence-electron chi connectivity index (χ2n) is 8.18. The fourth-order valence-electron chi connectivity index (χ4n) is 4.34. The topological polar surface area (TPSA) is 92.9 Å². The first kappa shape index (κ1) is 22.8. The highest BCUT2D eigenvalue weighted by atomic mass is 32.1. The summed E-state index contributed by atoms with van der Waals surface area (Å²) in [6.45, 7) is 3.90. The standard InChI is InChI=1S/C25H27N3O4S/c1-15-11-18(14-26-27-22(29)13-17-7-6-8-19(12-17)32-3)16(2)28(15)24-23(25(30)31)20-9-4-5-10-21(20)33-24/h6-8,11-12,14H,4-5,9-10,13H2,1-3H3,(H,27,29)(H,30,31)/b26-14+. The van der Waals surface area contributed by atoms with E-state index in [1.165, 1.54) is 4.88 Å². The zero-order chi connectivity index (χ0) is 23.5. The van der Waals surface area contributed by atoms with Crippen LogP contribution in [-0.4, -0.2) is 34.9 Å². The second-order valence-corrected chi connectivity index (χ2v) is 9.26. The molecule has 33 heavy (non-hydrogen) atoms. The quantitative estimate of drug-likeness (QED) is 0.399. The SMILES string of the molecule is COc1cccc(CC(=O)N/N=C/c2cc(C)n(-c3sc4c(c3C(=O)O)CCCC4)c2C)c1. The number of nitrogens with one attached hydrogen (secondary N) is 1. The lowest BCUT2D eigenvalue weighted by atomic mass is 9.95. The summed E-state index contributed by atoms with van der Waals surface area (Å²) in [6.07, 6.45) is 5.68. The monoisotopic (exact) mass is 465 g/mol. The molecule has 172 valence electrons. The van der Waals surface area contributed by atoms with Crippen molar-refractivity contribution in [3.05, 3.63) is 68.9 Å². The molecular formula is C25H27N3O4S. The summed E-state index contributed by atoms with van der Waals surface area (Å²) in [5.74, 6) is -0.406. The molecule has 4 rings (SSSR count). The molecule has 0 fully saturated rings. The van der Waals surface area contributed by atoms with Crippen molar-refractivity contribution < 1.29 is 19.4 Å². The third-order valence-corrected chi connectivity index (χ3v) is 7.21. The Bertz CT molecular complexity index is 1240. The lowest BCUT2D eigenvalue weighted by Gasteiger charge is -2.11. The Morgan fingerprint density at radius 3 is 2.79 bits per heavy atom. The molecule has 0 spiro atoms. The van der Waals surface area contributed by atoms with Crippen molar-refractivity contribution in [2.75, 3.05) is 7.11 Å². The molecule has 0 radical (unpaired) electrons. The van der Waals surface area contributed by atoms with Gasteiger partial charge in [-0.25, -0.2) is 10.2 Å². The van der Waals surface area contributed by atoms with Crippen LogP contribution in [0.3, 0.4) is 0 Å². The number of carbonyl (C=O) groups is 2. The molecule has 0 atom stereocenters. The molecule has 3 aromatic rings. The number of aromatic nitrogens is 1. The van der Waals surface area contributed by atoms with Crippen molar-refractivity contribution in [3.63, 3.8) is 0 Å². The van der Waals surface area contributed by atoms with Gasteiger partial charge in [0, 0.05) is 21.8 Å². The smallest absolute Gasteiger partial charge is 0.339 e. The summed E-state index contributed by atoms with van der Waals surface area (Å²) in [5.41, 5.74) is 7.46. The van der Waals surface area contributed by atoms with E-state index < -0.39 is 5.97 Å². The van der Waals surface area contributed by atoms with Gasteiger partial charge in [-0.1, -0.05) is 12.1 Å². The highest BCUT2D eigenvalue weighted by Crippen LogP contribution is 2.38. The van der Waals surface area contributed by atoms with Crippen molar-refractivity contribution in [2.24, 2.45) is 5.10 Å². The first-order valence-corrected chi connectivity index (χ1v) is 11.7. The molecule has 2 aromatic heterocycles. The Labute approximate surface area is 196 Å².